The standard InChI is InChI=1S/C15H15BrO3/c1-3-10(2)11-4-6-12(7-5-11)18-15(17)13-8-9-14(16)19-13/h4-10H,3H2,1-2H3. The van der Waals surface area contributed by atoms with E-state index in [1.807, 2.05) is 12.1 Å². The van der Waals surface area contributed by atoms with Gasteiger partial charge in [-0.3, -0.25) is 0 Å². The third-order valence-corrected chi connectivity index (χ3v) is 3.47. The minimum Gasteiger partial charge on any atom is -0.442 e. The first-order valence-corrected chi connectivity index (χ1v) is 6.97. The highest BCUT2D eigenvalue weighted by Crippen LogP contribution is 2.22. The van der Waals surface area contributed by atoms with E-state index in [-0.39, 0.29) is 5.76 Å². The molecule has 100 valence electrons. The molecular formula is C15H15BrO3. The van der Waals surface area contributed by atoms with Crippen molar-refractivity contribution in [3.8, 4) is 5.75 Å². The van der Waals surface area contributed by atoms with Gasteiger partial charge in [0.25, 0.3) is 0 Å². The first-order valence-electron chi connectivity index (χ1n) is 6.17. The summed E-state index contributed by atoms with van der Waals surface area (Å²) < 4.78 is 10.9. The molecule has 0 N–H and O–H groups in total. The van der Waals surface area contributed by atoms with Crippen LogP contribution in [-0.4, -0.2) is 5.97 Å². The second-order valence-corrected chi connectivity index (χ2v) is 5.15. The van der Waals surface area contributed by atoms with E-state index in [4.69, 9.17) is 9.15 Å². The van der Waals surface area contributed by atoms with Gasteiger partial charge in [-0.25, -0.2) is 4.79 Å². The van der Waals surface area contributed by atoms with Crippen LogP contribution in [0, 0.1) is 0 Å². The fourth-order valence-corrected chi connectivity index (χ4v) is 1.99. The Labute approximate surface area is 120 Å². The molecule has 0 aliphatic heterocycles. The van der Waals surface area contributed by atoms with Gasteiger partial charge in [-0.15, -0.1) is 0 Å². The molecule has 3 nitrogen and oxygen atoms in total. The molecule has 0 aliphatic rings. The summed E-state index contributed by atoms with van der Waals surface area (Å²) in [6, 6.07) is 10.8. The molecule has 1 unspecified atom stereocenters. The Kier molecular flexibility index (Phi) is 4.43. The Bertz CT molecular complexity index is 557. The number of rotatable bonds is 4. The summed E-state index contributed by atoms with van der Waals surface area (Å²) in [6.07, 6.45) is 1.08. The largest absolute Gasteiger partial charge is 0.442 e. The summed E-state index contributed by atoms with van der Waals surface area (Å²) in [4.78, 5) is 11.8. The molecule has 2 aromatic rings. The lowest BCUT2D eigenvalue weighted by molar-refractivity contribution is 0.0700. The van der Waals surface area contributed by atoms with Gasteiger partial charge in [0, 0.05) is 0 Å². The van der Waals surface area contributed by atoms with Crippen molar-refractivity contribution < 1.29 is 13.9 Å². The van der Waals surface area contributed by atoms with Gasteiger partial charge in [0.2, 0.25) is 5.76 Å². The summed E-state index contributed by atoms with van der Waals surface area (Å²) >= 11 is 3.14. The van der Waals surface area contributed by atoms with E-state index < -0.39 is 5.97 Å². The van der Waals surface area contributed by atoms with Crippen LogP contribution in [0.5, 0.6) is 5.75 Å². The SMILES string of the molecule is CCC(C)c1ccc(OC(=O)c2ccc(Br)o2)cc1. The minimum absolute atomic E-state index is 0.179. The Balaban J connectivity index is 2.05. The average Bonchev–Trinajstić information content (AvgIpc) is 2.85. The van der Waals surface area contributed by atoms with Gasteiger partial charge in [-0.05, 0) is 58.1 Å². The van der Waals surface area contributed by atoms with Crippen molar-refractivity contribution >= 4 is 21.9 Å². The van der Waals surface area contributed by atoms with E-state index in [9.17, 15) is 4.79 Å². The highest BCUT2D eigenvalue weighted by atomic mass is 79.9. The number of carbonyl (C=O) groups is 1. The van der Waals surface area contributed by atoms with Crippen molar-refractivity contribution in [2.75, 3.05) is 0 Å². The number of furan rings is 1. The van der Waals surface area contributed by atoms with E-state index in [1.54, 1.807) is 24.3 Å². The number of halogens is 1. The van der Waals surface area contributed by atoms with Crippen molar-refractivity contribution in [3.63, 3.8) is 0 Å². The van der Waals surface area contributed by atoms with Gasteiger partial charge in [0.1, 0.15) is 5.75 Å². The first-order chi connectivity index (χ1) is 9.10. The maximum atomic E-state index is 11.8. The van der Waals surface area contributed by atoms with Gasteiger partial charge in [-0.2, -0.15) is 0 Å². The highest BCUT2D eigenvalue weighted by molar-refractivity contribution is 9.10. The maximum absolute atomic E-state index is 11.8. The lowest BCUT2D eigenvalue weighted by Gasteiger charge is -2.09. The van der Waals surface area contributed by atoms with Crippen LogP contribution < -0.4 is 4.74 Å². The van der Waals surface area contributed by atoms with Crippen LogP contribution in [0.1, 0.15) is 42.3 Å². The van der Waals surface area contributed by atoms with Crippen molar-refractivity contribution in [2.45, 2.75) is 26.2 Å². The van der Waals surface area contributed by atoms with E-state index >= 15 is 0 Å². The molecule has 0 aliphatic carbocycles. The lowest BCUT2D eigenvalue weighted by Crippen LogP contribution is -2.07. The molecular weight excluding hydrogens is 308 g/mol. The Morgan fingerprint density at radius 2 is 1.95 bits per heavy atom. The number of ether oxygens (including phenoxy) is 1. The zero-order valence-electron chi connectivity index (χ0n) is 10.9. The van der Waals surface area contributed by atoms with E-state index in [2.05, 4.69) is 29.8 Å². The number of benzene rings is 1. The average molecular weight is 323 g/mol. The fraction of sp³-hybridized carbons (Fsp3) is 0.267. The zero-order valence-corrected chi connectivity index (χ0v) is 12.4. The Morgan fingerprint density at radius 3 is 2.47 bits per heavy atom. The van der Waals surface area contributed by atoms with Gasteiger partial charge in [0.15, 0.2) is 4.67 Å². The summed E-state index contributed by atoms with van der Waals surface area (Å²) in [5.41, 5.74) is 1.24. The molecule has 0 saturated carbocycles. The topological polar surface area (TPSA) is 39.4 Å². The third-order valence-electron chi connectivity index (χ3n) is 3.05. The predicted octanol–water partition coefficient (Wildman–Crippen LogP) is 4.77. The summed E-state index contributed by atoms with van der Waals surface area (Å²) in [5, 5.41) is 0. The van der Waals surface area contributed by atoms with Crippen LogP contribution in [0.4, 0.5) is 0 Å². The second-order valence-electron chi connectivity index (χ2n) is 4.37. The molecule has 0 radical (unpaired) electrons. The molecule has 1 heterocycles. The van der Waals surface area contributed by atoms with E-state index in [0.717, 1.165) is 6.42 Å². The maximum Gasteiger partial charge on any atom is 0.379 e. The number of hydrogen-bond acceptors (Lipinski definition) is 3. The molecule has 2 rings (SSSR count). The lowest BCUT2D eigenvalue weighted by atomic mass is 9.99. The number of esters is 1. The van der Waals surface area contributed by atoms with Gasteiger partial charge >= 0.3 is 5.97 Å². The smallest absolute Gasteiger partial charge is 0.379 e. The summed E-state index contributed by atoms with van der Waals surface area (Å²) in [5.74, 6) is 0.704. The highest BCUT2D eigenvalue weighted by Gasteiger charge is 2.13. The number of hydrogen-bond donors (Lipinski definition) is 0. The quantitative estimate of drug-likeness (QED) is 0.601. The molecule has 0 fully saturated rings. The molecule has 0 bridgehead atoms. The third kappa shape index (κ3) is 3.47. The van der Waals surface area contributed by atoms with E-state index in [1.165, 1.54) is 5.56 Å². The summed E-state index contributed by atoms with van der Waals surface area (Å²) in [7, 11) is 0. The van der Waals surface area contributed by atoms with Crippen molar-refractivity contribution in [3.05, 3.63) is 52.4 Å². The zero-order chi connectivity index (χ0) is 13.8. The van der Waals surface area contributed by atoms with Crippen LogP contribution in [0.15, 0.2) is 45.5 Å². The Hall–Kier alpha value is -1.55. The Morgan fingerprint density at radius 1 is 1.26 bits per heavy atom. The molecule has 0 saturated heterocycles. The van der Waals surface area contributed by atoms with Crippen molar-refractivity contribution in [1.29, 1.82) is 0 Å². The fourth-order valence-electron chi connectivity index (χ4n) is 1.68. The second kappa shape index (κ2) is 6.06. The summed E-state index contributed by atoms with van der Waals surface area (Å²) in [6.45, 7) is 4.31. The van der Waals surface area contributed by atoms with Crippen LogP contribution in [0.25, 0.3) is 0 Å². The van der Waals surface area contributed by atoms with E-state index in [0.29, 0.717) is 16.3 Å². The molecule has 19 heavy (non-hydrogen) atoms. The molecule has 0 amide bonds. The number of carbonyl (C=O) groups excluding carboxylic acids is 1. The van der Waals surface area contributed by atoms with Gasteiger partial charge in [-0.1, -0.05) is 26.0 Å². The van der Waals surface area contributed by atoms with Crippen LogP contribution in [-0.2, 0) is 0 Å². The van der Waals surface area contributed by atoms with Crippen molar-refractivity contribution in [2.24, 2.45) is 0 Å². The first kappa shape index (κ1) is 13.9. The predicted molar refractivity (Wildman–Crippen MR) is 76.5 cm³/mol. The normalized spacial score (nSPS) is 12.2. The monoisotopic (exact) mass is 322 g/mol. The molecule has 0 spiro atoms. The molecule has 4 heteroatoms. The molecule has 1 aromatic heterocycles. The van der Waals surface area contributed by atoms with Crippen LogP contribution in [0.3, 0.4) is 0 Å². The van der Waals surface area contributed by atoms with Crippen LogP contribution in [0.2, 0.25) is 0 Å². The van der Waals surface area contributed by atoms with Crippen molar-refractivity contribution in [1.82, 2.24) is 0 Å². The van der Waals surface area contributed by atoms with Gasteiger partial charge < -0.3 is 9.15 Å². The molecule has 1 atom stereocenters. The van der Waals surface area contributed by atoms with Crippen LogP contribution >= 0.6 is 15.9 Å². The van der Waals surface area contributed by atoms with Gasteiger partial charge in [0.05, 0.1) is 0 Å². The molecule has 1 aromatic carbocycles. The minimum atomic E-state index is -0.498.